The highest BCUT2D eigenvalue weighted by molar-refractivity contribution is 9.09. The molecule has 0 radical (unpaired) electrons. The van der Waals surface area contributed by atoms with Crippen LogP contribution in [0.25, 0.3) is 0 Å². The van der Waals surface area contributed by atoms with E-state index < -0.39 is 0 Å². The number of ether oxygens (including phenoxy) is 1. The summed E-state index contributed by atoms with van der Waals surface area (Å²) >= 11 is 3.83. The molecule has 1 nitrogen and oxygen atoms in total. The van der Waals surface area contributed by atoms with Gasteiger partial charge in [0.1, 0.15) is 0 Å². The third-order valence-corrected chi connectivity index (χ3v) is 5.82. The Morgan fingerprint density at radius 1 is 1.33 bits per heavy atom. The quantitative estimate of drug-likeness (QED) is 0.698. The molecule has 0 saturated heterocycles. The van der Waals surface area contributed by atoms with Crippen LogP contribution < -0.4 is 0 Å². The van der Waals surface area contributed by atoms with Crippen molar-refractivity contribution < 1.29 is 4.74 Å². The van der Waals surface area contributed by atoms with Crippen molar-refractivity contribution in [3.63, 3.8) is 0 Å². The number of alkyl halides is 1. The van der Waals surface area contributed by atoms with Gasteiger partial charge in [0.15, 0.2) is 0 Å². The first kappa shape index (κ1) is 11.9. The van der Waals surface area contributed by atoms with Gasteiger partial charge in [0, 0.05) is 10.2 Å². The molecule has 0 aromatic carbocycles. The Labute approximate surface area is 102 Å². The van der Waals surface area contributed by atoms with Gasteiger partial charge in [0.05, 0.1) is 11.7 Å². The summed E-state index contributed by atoms with van der Waals surface area (Å²) in [4.78, 5) is 0.713. The number of rotatable bonds is 3. The molecule has 2 saturated carbocycles. The lowest BCUT2D eigenvalue weighted by Crippen LogP contribution is -2.56. The molecule has 15 heavy (non-hydrogen) atoms. The van der Waals surface area contributed by atoms with Crippen LogP contribution in [0.4, 0.5) is 0 Å². The van der Waals surface area contributed by atoms with Crippen molar-refractivity contribution >= 4 is 15.9 Å². The molecule has 0 heterocycles. The first-order valence-electron chi connectivity index (χ1n) is 6.32. The van der Waals surface area contributed by atoms with Crippen LogP contribution in [0, 0.1) is 5.41 Å². The van der Waals surface area contributed by atoms with E-state index in [9.17, 15) is 0 Å². The van der Waals surface area contributed by atoms with Gasteiger partial charge in [-0.25, -0.2) is 0 Å². The third kappa shape index (κ3) is 2.00. The molecule has 0 N–H and O–H groups in total. The van der Waals surface area contributed by atoms with Gasteiger partial charge in [-0.1, -0.05) is 35.7 Å². The molecule has 0 aromatic rings. The van der Waals surface area contributed by atoms with Gasteiger partial charge < -0.3 is 4.74 Å². The van der Waals surface area contributed by atoms with Crippen molar-refractivity contribution in [2.45, 2.75) is 75.8 Å². The Bertz CT molecular complexity index is 231. The maximum absolute atomic E-state index is 6.30. The van der Waals surface area contributed by atoms with E-state index in [4.69, 9.17) is 4.74 Å². The molecule has 2 heteroatoms. The van der Waals surface area contributed by atoms with Crippen LogP contribution in [0.1, 0.15) is 59.3 Å². The van der Waals surface area contributed by atoms with Gasteiger partial charge in [-0.15, -0.1) is 0 Å². The van der Waals surface area contributed by atoms with E-state index in [1.54, 1.807) is 0 Å². The summed E-state index contributed by atoms with van der Waals surface area (Å²) in [6.07, 6.45) is 8.36. The number of hydrogen-bond acceptors (Lipinski definition) is 1. The minimum absolute atomic E-state index is 0.0629. The average molecular weight is 275 g/mol. The fraction of sp³-hybridized carbons (Fsp3) is 1.00. The Hall–Kier alpha value is 0.440. The molecule has 0 aromatic heterocycles. The monoisotopic (exact) mass is 274 g/mol. The lowest BCUT2D eigenvalue weighted by Gasteiger charge is -2.53. The molecule has 2 unspecified atom stereocenters. The average Bonchev–Trinajstić information content (AvgIpc) is 2.68. The van der Waals surface area contributed by atoms with Gasteiger partial charge >= 0.3 is 0 Å². The number of hydrogen-bond donors (Lipinski definition) is 0. The predicted molar refractivity (Wildman–Crippen MR) is 67.5 cm³/mol. The van der Waals surface area contributed by atoms with Crippen LogP contribution in [-0.2, 0) is 4.74 Å². The summed E-state index contributed by atoms with van der Waals surface area (Å²) in [6, 6.07) is 0. The summed E-state index contributed by atoms with van der Waals surface area (Å²) in [5, 5.41) is 0. The lowest BCUT2D eigenvalue weighted by atomic mass is 9.64. The van der Waals surface area contributed by atoms with E-state index in [1.807, 2.05) is 0 Å². The minimum atomic E-state index is 0.0629. The van der Waals surface area contributed by atoms with Gasteiger partial charge in [-0.2, -0.15) is 0 Å². The minimum Gasteiger partial charge on any atom is -0.372 e. The maximum atomic E-state index is 6.30. The van der Waals surface area contributed by atoms with E-state index in [0.717, 1.165) is 6.42 Å². The fourth-order valence-corrected chi connectivity index (χ4v) is 4.09. The Morgan fingerprint density at radius 3 is 2.40 bits per heavy atom. The fourth-order valence-electron chi connectivity index (χ4n) is 3.00. The Balaban J connectivity index is 2.00. The van der Waals surface area contributed by atoms with E-state index in [-0.39, 0.29) is 5.60 Å². The smallest absolute Gasteiger partial charge is 0.0660 e. The van der Waals surface area contributed by atoms with Crippen molar-refractivity contribution in [3.8, 4) is 0 Å². The zero-order valence-electron chi connectivity index (χ0n) is 10.2. The predicted octanol–water partition coefficient (Wildman–Crippen LogP) is 4.29. The van der Waals surface area contributed by atoms with Gasteiger partial charge in [-0.3, -0.25) is 0 Å². The van der Waals surface area contributed by atoms with Crippen molar-refractivity contribution in [1.82, 2.24) is 0 Å². The molecule has 2 rings (SSSR count). The first-order valence-corrected chi connectivity index (χ1v) is 7.24. The van der Waals surface area contributed by atoms with Crippen molar-refractivity contribution in [3.05, 3.63) is 0 Å². The van der Waals surface area contributed by atoms with Crippen LogP contribution in [-0.4, -0.2) is 16.5 Å². The molecular weight excluding hydrogens is 252 g/mol. The second-order valence-electron chi connectivity index (χ2n) is 5.86. The van der Waals surface area contributed by atoms with Gasteiger partial charge in [0.25, 0.3) is 0 Å². The molecule has 2 atom stereocenters. The highest BCUT2D eigenvalue weighted by atomic mass is 79.9. The zero-order valence-corrected chi connectivity index (χ0v) is 11.8. The van der Waals surface area contributed by atoms with Crippen LogP contribution in [0.2, 0.25) is 0 Å². The largest absolute Gasteiger partial charge is 0.372 e. The van der Waals surface area contributed by atoms with Crippen LogP contribution >= 0.6 is 15.9 Å². The normalized spacial score (nSPS) is 34.4. The molecule has 0 aliphatic heterocycles. The second kappa shape index (κ2) is 4.03. The number of halogens is 1. The van der Waals surface area contributed by atoms with Crippen LogP contribution in [0.3, 0.4) is 0 Å². The second-order valence-corrected chi connectivity index (χ2v) is 6.97. The molecule has 2 aliphatic carbocycles. The first-order chi connectivity index (χ1) is 7.00. The van der Waals surface area contributed by atoms with E-state index in [1.165, 1.54) is 32.1 Å². The van der Waals surface area contributed by atoms with E-state index in [2.05, 4.69) is 36.7 Å². The standard InChI is InChI=1S/C13H23BrO/c1-4-12(2,3)15-11-9-10(14)13(11)7-5-6-8-13/h10-11H,4-9H2,1-3H3. The summed E-state index contributed by atoms with van der Waals surface area (Å²) < 4.78 is 6.30. The van der Waals surface area contributed by atoms with Crippen LogP contribution in [0.15, 0.2) is 0 Å². The maximum Gasteiger partial charge on any atom is 0.0660 e. The Morgan fingerprint density at radius 2 is 1.93 bits per heavy atom. The molecule has 88 valence electrons. The highest BCUT2D eigenvalue weighted by Gasteiger charge is 2.56. The van der Waals surface area contributed by atoms with Crippen molar-refractivity contribution in [2.75, 3.05) is 0 Å². The molecule has 1 spiro atoms. The summed E-state index contributed by atoms with van der Waals surface area (Å²) in [5.74, 6) is 0. The van der Waals surface area contributed by atoms with E-state index in [0.29, 0.717) is 16.3 Å². The molecule has 2 aliphatic rings. The van der Waals surface area contributed by atoms with Crippen molar-refractivity contribution in [1.29, 1.82) is 0 Å². The summed E-state index contributed by atoms with van der Waals surface area (Å²) in [7, 11) is 0. The van der Waals surface area contributed by atoms with Gasteiger partial charge in [0.2, 0.25) is 0 Å². The molecule has 0 amide bonds. The summed E-state index contributed by atoms with van der Waals surface area (Å²) in [5.41, 5.74) is 0.555. The van der Waals surface area contributed by atoms with Gasteiger partial charge in [-0.05, 0) is 39.5 Å². The third-order valence-electron chi connectivity index (χ3n) is 4.53. The van der Waals surface area contributed by atoms with Crippen LogP contribution in [0.5, 0.6) is 0 Å². The zero-order chi connectivity index (χ0) is 11.1. The Kier molecular flexibility index (Phi) is 3.20. The topological polar surface area (TPSA) is 9.23 Å². The molecule has 2 fully saturated rings. The van der Waals surface area contributed by atoms with E-state index >= 15 is 0 Å². The molecular formula is C13H23BrO. The highest BCUT2D eigenvalue weighted by Crippen LogP contribution is 2.58. The lowest BCUT2D eigenvalue weighted by molar-refractivity contribution is -0.169. The summed E-state index contributed by atoms with van der Waals surface area (Å²) in [6.45, 7) is 6.65. The van der Waals surface area contributed by atoms with Crippen molar-refractivity contribution in [2.24, 2.45) is 5.41 Å². The SMILES string of the molecule is CCC(C)(C)OC1CC(Br)C12CCCC2. The molecule has 0 bridgehead atoms.